The number of benzene rings is 2. The second-order valence-electron chi connectivity index (χ2n) is 7.66. The second kappa shape index (κ2) is 7.49. The monoisotopic (exact) mass is 423 g/mol. The Morgan fingerprint density at radius 1 is 1.17 bits per heavy atom. The summed E-state index contributed by atoms with van der Waals surface area (Å²) in [6.07, 6.45) is 0. The zero-order chi connectivity index (χ0) is 21.5. The highest BCUT2D eigenvalue weighted by Crippen LogP contribution is 2.31. The topological polar surface area (TPSA) is 104 Å². The van der Waals surface area contributed by atoms with E-state index >= 15 is 0 Å². The molecular weight excluding hydrogens is 402 g/mol. The van der Waals surface area contributed by atoms with Gasteiger partial charge in [0, 0.05) is 5.92 Å². The summed E-state index contributed by atoms with van der Waals surface area (Å²) in [6.45, 7) is 5.21. The molecule has 0 aliphatic carbocycles. The average molecular weight is 423 g/mol. The molecular formula is C21H21N5O3S. The lowest BCUT2D eigenvalue weighted by molar-refractivity contribution is -0.133. The number of amides is 4. The fourth-order valence-electron chi connectivity index (χ4n) is 3.36. The Morgan fingerprint density at radius 3 is 2.60 bits per heavy atom. The van der Waals surface area contributed by atoms with Crippen LogP contribution in [0.5, 0.6) is 0 Å². The molecule has 4 rings (SSSR count). The molecule has 0 spiro atoms. The molecule has 1 aromatic heterocycles. The molecule has 30 heavy (non-hydrogen) atoms. The van der Waals surface area contributed by atoms with E-state index in [2.05, 4.69) is 20.8 Å². The van der Waals surface area contributed by atoms with E-state index in [9.17, 15) is 14.4 Å². The number of nitrogens with one attached hydrogen (secondary N) is 2. The highest BCUT2D eigenvalue weighted by atomic mass is 32.1. The van der Waals surface area contributed by atoms with E-state index < -0.39 is 29.9 Å². The van der Waals surface area contributed by atoms with Crippen LogP contribution in [0.4, 0.5) is 9.93 Å². The molecule has 0 bridgehead atoms. The average Bonchev–Trinajstić information content (AvgIpc) is 3.27. The van der Waals surface area contributed by atoms with Gasteiger partial charge in [-0.3, -0.25) is 19.8 Å². The van der Waals surface area contributed by atoms with Crippen LogP contribution in [0.25, 0.3) is 10.8 Å². The lowest BCUT2D eigenvalue weighted by atomic mass is 9.90. The van der Waals surface area contributed by atoms with Crippen LogP contribution in [0, 0.1) is 0 Å². The third-order valence-electron chi connectivity index (χ3n) is 5.08. The summed E-state index contributed by atoms with van der Waals surface area (Å²) in [5, 5.41) is 16.4. The number of imide groups is 1. The SMILES string of the molecule is CC(C)c1nnc(NC(=O)CN2C(=O)N[C@@](C)(c3ccc4ccccc4c3)C2=O)s1. The molecule has 4 amide bonds. The van der Waals surface area contributed by atoms with Gasteiger partial charge in [-0.25, -0.2) is 4.79 Å². The maximum Gasteiger partial charge on any atom is 0.325 e. The van der Waals surface area contributed by atoms with E-state index in [1.165, 1.54) is 11.3 Å². The number of fused-ring (bicyclic) bond motifs is 1. The highest BCUT2D eigenvalue weighted by molar-refractivity contribution is 7.15. The zero-order valence-corrected chi connectivity index (χ0v) is 17.6. The third-order valence-corrected chi connectivity index (χ3v) is 6.22. The fraction of sp³-hybridized carbons (Fsp3) is 0.286. The van der Waals surface area contributed by atoms with Crippen molar-refractivity contribution in [1.29, 1.82) is 0 Å². The summed E-state index contributed by atoms with van der Waals surface area (Å²) in [7, 11) is 0. The van der Waals surface area contributed by atoms with Crippen LogP contribution in [0.2, 0.25) is 0 Å². The minimum Gasteiger partial charge on any atom is -0.319 e. The number of rotatable bonds is 5. The van der Waals surface area contributed by atoms with Crippen molar-refractivity contribution in [3.8, 4) is 0 Å². The Bertz CT molecular complexity index is 1160. The Labute approximate surface area is 177 Å². The molecule has 1 atom stereocenters. The number of hydrogen-bond acceptors (Lipinski definition) is 6. The molecule has 0 saturated carbocycles. The lowest BCUT2D eigenvalue weighted by Crippen LogP contribution is -2.42. The highest BCUT2D eigenvalue weighted by Gasteiger charge is 2.49. The molecule has 154 valence electrons. The lowest BCUT2D eigenvalue weighted by Gasteiger charge is -2.22. The smallest absolute Gasteiger partial charge is 0.319 e. The Hall–Kier alpha value is -3.33. The third kappa shape index (κ3) is 3.52. The van der Waals surface area contributed by atoms with Crippen molar-refractivity contribution in [2.75, 3.05) is 11.9 Å². The van der Waals surface area contributed by atoms with E-state index in [0.717, 1.165) is 20.7 Å². The van der Waals surface area contributed by atoms with Gasteiger partial charge in [-0.15, -0.1) is 10.2 Å². The zero-order valence-electron chi connectivity index (χ0n) is 16.8. The van der Waals surface area contributed by atoms with Gasteiger partial charge >= 0.3 is 6.03 Å². The van der Waals surface area contributed by atoms with E-state index in [-0.39, 0.29) is 5.92 Å². The van der Waals surface area contributed by atoms with Gasteiger partial charge in [0.15, 0.2) is 0 Å². The van der Waals surface area contributed by atoms with E-state index in [1.807, 2.05) is 56.3 Å². The quantitative estimate of drug-likeness (QED) is 0.613. The first-order valence-corrected chi connectivity index (χ1v) is 10.4. The van der Waals surface area contributed by atoms with Gasteiger partial charge < -0.3 is 5.32 Å². The normalized spacial score (nSPS) is 18.9. The maximum atomic E-state index is 13.1. The Kier molecular flexibility index (Phi) is 4.98. The number of carbonyl (C=O) groups is 3. The summed E-state index contributed by atoms with van der Waals surface area (Å²) >= 11 is 1.27. The first-order valence-electron chi connectivity index (χ1n) is 9.54. The van der Waals surface area contributed by atoms with Crippen LogP contribution in [0.15, 0.2) is 42.5 Å². The first kappa shape index (κ1) is 20.0. The number of nitrogens with zero attached hydrogens (tertiary/aromatic N) is 3. The van der Waals surface area contributed by atoms with Crippen molar-refractivity contribution in [3.05, 3.63) is 53.0 Å². The predicted molar refractivity (Wildman–Crippen MR) is 114 cm³/mol. The van der Waals surface area contributed by atoms with Gasteiger partial charge in [0.1, 0.15) is 17.1 Å². The molecule has 1 aliphatic rings. The molecule has 2 aromatic carbocycles. The van der Waals surface area contributed by atoms with Crippen molar-refractivity contribution in [2.24, 2.45) is 0 Å². The van der Waals surface area contributed by atoms with Crippen LogP contribution < -0.4 is 10.6 Å². The second-order valence-corrected chi connectivity index (χ2v) is 8.67. The van der Waals surface area contributed by atoms with Crippen LogP contribution in [-0.2, 0) is 15.1 Å². The molecule has 3 aromatic rings. The molecule has 2 N–H and O–H groups in total. The van der Waals surface area contributed by atoms with Gasteiger partial charge in [-0.05, 0) is 29.3 Å². The van der Waals surface area contributed by atoms with Gasteiger partial charge in [0.25, 0.3) is 5.91 Å². The molecule has 2 heterocycles. The van der Waals surface area contributed by atoms with Crippen LogP contribution >= 0.6 is 11.3 Å². The van der Waals surface area contributed by atoms with E-state index in [0.29, 0.717) is 10.7 Å². The molecule has 9 heteroatoms. The minimum atomic E-state index is -1.24. The van der Waals surface area contributed by atoms with Crippen molar-refractivity contribution < 1.29 is 14.4 Å². The molecule has 0 radical (unpaired) electrons. The first-order chi connectivity index (χ1) is 14.3. The number of aromatic nitrogens is 2. The predicted octanol–water partition coefficient (Wildman–Crippen LogP) is 3.22. The molecule has 8 nitrogen and oxygen atoms in total. The number of hydrogen-bond donors (Lipinski definition) is 2. The minimum absolute atomic E-state index is 0.196. The van der Waals surface area contributed by atoms with Gasteiger partial charge in [0.2, 0.25) is 11.0 Å². The van der Waals surface area contributed by atoms with Crippen LogP contribution in [0.1, 0.15) is 37.3 Å². The standard InChI is InChI=1S/C21H21N5O3S/c1-12(2)17-24-25-19(30-17)22-16(27)11-26-18(28)21(3,23-20(26)29)15-9-8-13-6-4-5-7-14(13)10-15/h4-10,12H,11H2,1-3H3,(H,23,29)(H,22,25,27)/t21-/m0/s1. The Morgan fingerprint density at radius 2 is 1.90 bits per heavy atom. The molecule has 1 saturated heterocycles. The largest absolute Gasteiger partial charge is 0.325 e. The maximum absolute atomic E-state index is 13.1. The summed E-state index contributed by atoms with van der Waals surface area (Å²) in [5.74, 6) is -0.785. The van der Waals surface area contributed by atoms with E-state index in [4.69, 9.17) is 0 Å². The summed E-state index contributed by atoms with van der Waals surface area (Å²) < 4.78 is 0. The van der Waals surface area contributed by atoms with Crippen molar-refractivity contribution in [3.63, 3.8) is 0 Å². The number of carbonyl (C=O) groups excluding carboxylic acids is 3. The summed E-state index contributed by atoms with van der Waals surface area (Å²) in [6, 6.07) is 12.8. The van der Waals surface area contributed by atoms with Crippen LogP contribution in [0.3, 0.4) is 0 Å². The molecule has 1 aliphatic heterocycles. The molecule has 1 fully saturated rings. The van der Waals surface area contributed by atoms with E-state index in [1.54, 1.807) is 6.92 Å². The number of urea groups is 1. The Balaban J connectivity index is 1.51. The number of anilines is 1. The molecule has 0 unspecified atom stereocenters. The van der Waals surface area contributed by atoms with Crippen molar-refractivity contribution in [1.82, 2.24) is 20.4 Å². The summed E-state index contributed by atoms with van der Waals surface area (Å²) in [5.41, 5.74) is -0.581. The van der Waals surface area contributed by atoms with Gasteiger partial charge in [-0.2, -0.15) is 0 Å². The summed E-state index contributed by atoms with van der Waals surface area (Å²) in [4.78, 5) is 38.9. The fourth-order valence-corrected chi connectivity index (χ4v) is 4.12. The van der Waals surface area contributed by atoms with Crippen LogP contribution in [-0.4, -0.2) is 39.5 Å². The van der Waals surface area contributed by atoms with Crippen molar-refractivity contribution >= 4 is 45.1 Å². The van der Waals surface area contributed by atoms with Gasteiger partial charge in [0.05, 0.1) is 0 Å². The van der Waals surface area contributed by atoms with Crippen molar-refractivity contribution in [2.45, 2.75) is 32.2 Å². The van der Waals surface area contributed by atoms with Gasteiger partial charge in [-0.1, -0.05) is 61.6 Å².